The van der Waals surface area contributed by atoms with E-state index in [1.165, 1.54) is 0 Å². The zero-order valence-corrected chi connectivity index (χ0v) is 8.95. The second-order valence-corrected chi connectivity index (χ2v) is 3.37. The van der Waals surface area contributed by atoms with E-state index in [-0.39, 0.29) is 18.5 Å². The minimum absolute atomic E-state index is 0.0839. The Morgan fingerprint density at radius 1 is 1.60 bits per heavy atom. The van der Waals surface area contributed by atoms with Crippen molar-refractivity contribution in [3.63, 3.8) is 0 Å². The smallest absolute Gasteiger partial charge is 0.238 e. The number of hydrogen-bond donors (Lipinski definition) is 2. The Morgan fingerprint density at radius 2 is 2.27 bits per heavy atom. The van der Waals surface area contributed by atoms with Crippen LogP contribution < -0.4 is 10.7 Å². The van der Waals surface area contributed by atoms with Gasteiger partial charge in [0, 0.05) is 13.1 Å². The molecule has 1 amide bonds. The SMILES string of the molecule is C#CCNC(=O)C(C)NN1CCOCC1. The fraction of sp³-hybridized carbons (Fsp3) is 0.700. The van der Waals surface area contributed by atoms with Gasteiger partial charge in [-0.25, -0.2) is 10.4 Å². The Morgan fingerprint density at radius 3 is 2.87 bits per heavy atom. The Hall–Kier alpha value is -1.09. The van der Waals surface area contributed by atoms with Gasteiger partial charge in [0.25, 0.3) is 0 Å². The van der Waals surface area contributed by atoms with Crippen LogP contribution >= 0.6 is 0 Å². The van der Waals surface area contributed by atoms with Gasteiger partial charge >= 0.3 is 0 Å². The van der Waals surface area contributed by atoms with Gasteiger partial charge in [0.2, 0.25) is 5.91 Å². The highest BCUT2D eigenvalue weighted by molar-refractivity contribution is 5.81. The lowest BCUT2D eigenvalue weighted by atomic mass is 10.3. The van der Waals surface area contributed by atoms with E-state index in [0.717, 1.165) is 13.1 Å². The molecule has 0 aromatic carbocycles. The summed E-state index contributed by atoms with van der Waals surface area (Å²) in [6, 6.07) is -0.267. The average molecular weight is 211 g/mol. The molecule has 1 rings (SSSR count). The Labute approximate surface area is 90.1 Å². The average Bonchev–Trinajstić information content (AvgIpc) is 2.27. The van der Waals surface area contributed by atoms with Crippen LogP contribution in [-0.2, 0) is 9.53 Å². The molecule has 2 N–H and O–H groups in total. The number of nitrogens with zero attached hydrogens (tertiary/aromatic N) is 1. The summed E-state index contributed by atoms with van der Waals surface area (Å²) in [5, 5.41) is 4.62. The number of hydrazine groups is 1. The summed E-state index contributed by atoms with van der Waals surface area (Å²) in [4.78, 5) is 11.4. The van der Waals surface area contributed by atoms with Crippen molar-refractivity contribution in [2.45, 2.75) is 13.0 Å². The predicted octanol–water partition coefficient (Wildman–Crippen LogP) is -1.04. The van der Waals surface area contributed by atoms with E-state index in [1.807, 2.05) is 5.01 Å². The number of amides is 1. The summed E-state index contributed by atoms with van der Waals surface area (Å²) in [6.45, 7) is 5.08. The van der Waals surface area contributed by atoms with E-state index in [9.17, 15) is 4.79 Å². The number of carbonyl (C=O) groups excluding carboxylic acids is 1. The summed E-state index contributed by atoms with van der Waals surface area (Å²) >= 11 is 0. The maximum Gasteiger partial charge on any atom is 0.238 e. The van der Waals surface area contributed by atoms with Gasteiger partial charge in [-0.3, -0.25) is 4.79 Å². The molecule has 5 heteroatoms. The lowest BCUT2D eigenvalue weighted by molar-refractivity contribution is -0.124. The van der Waals surface area contributed by atoms with E-state index in [1.54, 1.807) is 6.92 Å². The van der Waals surface area contributed by atoms with Gasteiger partial charge in [-0.2, -0.15) is 0 Å². The van der Waals surface area contributed by atoms with E-state index in [2.05, 4.69) is 16.7 Å². The van der Waals surface area contributed by atoms with Gasteiger partial charge in [0.05, 0.1) is 25.8 Å². The first-order valence-electron chi connectivity index (χ1n) is 5.04. The molecule has 1 aliphatic heterocycles. The van der Waals surface area contributed by atoms with Crippen molar-refractivity contribution >= 4 is 5.91 Å². The molecule has 1 aliphatic rings. The van der Waals surface area contributed by atoms with Crippen LogP contribution in [0.1, 0.15) is 6.92 Å². The van der Waals surface area contributed by atoms with Crippen molar-refractivity contribution < 1.29 is 9.53 Å². The maximum atomic E-state index is 11.4. The van der Waals surface area contributed by atoms with Crippen LogP contribution in [0.15, 0.2) is 0 Å². The van der Waals surface area contributed by atoms with Crippen molar-refractivity contribution in [1.29, 1.82) is 0 Å². The van der Waals surface area contributed by atoms with Crippen LogP contribution in [0, 0.1) is 12.3 Å². The molecule has 1 unspecified atom stereocenters. The standard InChI is InChI=1S/C10H17N3O2/c1-3-4-11-10(14)9(2)12-13-5-7-15-8-6-13/h1,9,12H,4-8H2,2H3,(H,11,14). The highest BCUT2D eigenvalue weighted by Crippen LogP contribution is 1.94. The Bertz CT molecular complexity index is 244. The molecule has 0 saturated carbocycles. The summed E-state index contributed by atoms with van der Waals surface area (Å²) in [6.07, 6.45) is 5.05. The summed E-state index contributed by atoms with van der Waals surface area (Å²) in [5.74, 6) is 2.28. The monoisotopic (exact) mass is 211 g/mol. The predicted molar refractivity (Wildman–Crippen MR) is 56.8 cm³/mol. The molecule has 0 radical (unpaired) electrons. The van der Waals surface area contributed by atoms with E-state index < -0.39 is 0 Å². The Kier molecular flexibility index (Phi) is 5.12. The van der Waals surface area contributed by atoms with Crippen molar-refractivity contribution in [3.05, 3.63) is 0 Å². The molecular weight excluding hydrogens is 194 g/mol. The van der Waals surface area contributed by atoms with Crippen LogP contribution in [-0.4, -0.2) is 49.8 Å². The van der Waals surface area contributed by atoms with Crippen molar-refractivity contribution in [2.75, 3.05) is 32.8 Å². The van der Waals surface area contributed by atoms with E-state index in [0.29, 0.717) is 13.2 Å². The first-order chi connectivity index (χ1) is 7.24. The highest BCUT2D eigenvalue weighted by atomic mass is 16.5. The Balaban J connectivity index is 2.24. The molecule has 1 fully saturated rings. The quantitative estimate of drug-likeness (QED) is 0.583. The molecule has 1 atom stereocenters. The molecule has 5 nitrogen and oxygen atoms in total. The molecule has 15 heavy (non-hydrogen) atoms. The minimum atomic E-state index is -0.267. The van der Waals surface area contributed by atoms with Gasteiger partial charge in [-0.05, 0) is 6.92 Å². The second kappa shape index (κ2) is 6.40. The molecule has 84 valence electrons. The third-order valence-corrected chi connectivity index (χ3v) is 2.15. The van der Waals surface area contributed by atoms with Gasteiger partial charge in [0.1, 0.15) is 0 Å². The number of morpholine rings is 1. The lowest BCUT2D eigenvalue weighted by Gasteiger charge is -2.29. The number of nitrogens with one attached hydrogen (secondary N) is 2. The van der Waals surface area contributed by atoms with Crippen molar-refractivity contribution in [2.24, 2.45) is 0 Å². The minimum Gasteiger partial charge on any atom is -0.379 e. The zero-order chi connectivity index (χ0) is 11.1. The van der Waals surface area contributed by atoms with Crippen LogP contribution in [0.5, 0.6) is 0 Å². The summed E-state index contributed by atoms with van der Waals surface area (Å²) in [5.41, 5.74) is 3.10. The third kappa shape index (κ3) is 4.30. The lowest BCUT2D eigenvalue weighted by Crippen LogP contribution is -2.53. The maximum absolute atomic E-state index is 11.4. The van der Waals surface area contributed by atoms with E-state index >= 15 is 0 Å². The molecule has 0 spiro atoms. The number of terminal acetylenes is 1. The van der Waals surface area contributed by atoms with Crippen LogP contribution in [0.3, 0.4) is 0 Å². The highest BCUT2D eigenvalue weighted by Gasteiger charge is 2.17. The van der Waals surface area contributed by atoms with Crippen LogP contribution in [0.2, 0.25) is 0 Å². The van der Waals surface area contributed by atoms with Crippen molar-refractivity contribution in [1.82, 2.24) is 15.8 Å². The summed E-state index contributed by atoms with van der Waals surface area (Å²) in [7, 11) is 0. The molecule has 1 saturated heterocycles. The van der Waals surface area contributed by atoms with Crippen molar-refractivity contribution in [3.8, 4) is 12.3 Å². The topological polar surface area (TPSA) is 53.6 Å². The molecule has 0 aromatic rings. The molecule has 0 aliphatic carbocycles. The number of rotatable bonds is 4. The largest absolute Gasteiger partial charge is 0.379 e. The third-order valence-electron chi connectivity index (χ3n) is 2.15. The van der Waals surface area contributed by atoms with Gasteiger partial charge < -0.3 is 10.1 Å². The normalized spacial score (nSPS) is 19.2. The van der Waals surface area contributed by atoms with Gasteiger partial charge in [0.15, 0.2) is 0 Å². The zero-order valence-electron chi connectivity index (χ0n) is 8.95. The first kappa shape index (κ1) is 12.0. The number of ether oxygens (including phenoxy) is 1. The fourth-order valence-electron chi connectivity index (χ4n) is 1.32. The second-order valence-electron chi connectivity index (χ2n) is 3.37. The summed E-state index contributed by atoms with van der Waals surface area (Å²) < 4.78 is 5.20. The van der Waals surface area contributed by atoms with Crippen LogP contribution in [0.4, 0.5) is 0 Å². The molecule has 0 bridgehead atoms. The molecule has 0 aromatic heterocycles. The van der Waals surface area contributed by atoms with Gasteiger partial charge in [-0.1, -0.05) is 5.92 Å². The molecular formula is C10H17N3O2. The fourth-order valence-corrected chi connectivity index (χ4v) is 1.32. The van der Waals surface area contributed by atoms with E-state index in [4.69, 9.17) is 11.2 Å². The molecule has 1 heterocycles. The van der Waals surface area contributed by atoms with Gasteiger partial charge in [-0.15, -0.1) is 6.42 Å². The number of carbonyl (C=O) groups is 1. The van der Waals surface area contributed by atoms with Crippen LogP contribution in [0.25, 0.3) is 0 Å². The number of hydrogen-bond acceptors (Lipinski definition) is 4. The first-order valence-corrected chi connectivity index (χ1v) is 5.04.